The molecular formula is C20H24N2O4. The van der Waals surface area contributed by atoms with Crippen molar-refractivity contribution in [2.75, 3.05) is 32.8 Å². The second kappa shape index (κ2) is 8.19. The Morgan fingerprint density at radius 2 is 1.77 bits per heavy atom. The van der Waals surface area contributed by atoms with E-state index < -0.39 is 5.97 Å². The van der Waals surface area contributed by atoms with Crippen LogP contribution in [0.25, 0.3) is 0 Å². The molecule has 0 aliphatic carbocycles. The van der Waals surface area contributed by atoms with Crippen LogP contribution in [-0.4, -0.2) is 54.5 Å². The maximum absolute atomic E-state index is 12.3. The summed E-state index contributed by atoms with van der Waals surface area (Å²) in [5, 5.41) is 0. The van der Waals surface area contributed by atoms with Crippen LogP contribution >= 0.6 is 0 Å². The maximum Gasteiger partial charge on any atom is 0.342 e. The highest BCUT2D eigenvalue weighted by Gasteiger charge is 2.23. The highest BCUT2D eigenvalue weighted by Crippen LogP contribution is 2.15. The first-order valence-electron chi connectivity index (χ1n) is 8.81. The summed E-state index contributed by atoms with van der Waals surface area (Å²) < 4.78 is 10.5. The van der Waals surface area contributed by atoms with Gasteiger partial charge in [-0.2, -0.15) is 0 Å². The smallest absolute Gasteiger partial charge is 0.342 e. The lowest BCUT2D eigenvalue weighted by atomic mass is 10.2. The van der Waals surface area contributed by atoms with E-state index in [0.29, 0.717) is 30.2 Å². The lowest BCUT2D eigenvalue weighted by Gasteiger charge is -2.34. The molecule has 2 heterocycles. The molecule has 0 N–H and O–H groups in total. The molecule has 1 aromatic heterocycles. The predicted octanol–water partition coefficient (Wildman–Crippen LogP) is 2.40. The third-order valence-corrected chi connectivity index (χ3v) is 4.56. The van der Waals surface area contributed by atoms with E-state index in [1.54, 1.807) is 24.8 Å². The van der Waals surface area contributed by atoms with Crippen LogP contribution in [0.5, 0.6) is 0 Å². The fourth-order valence-corrected chi connectivity index (χ4v) is 3.13. The number of esters is 1. The van der Waals surface area contributed by atoms with Crippen LogP contribution in [-0.2, 0) is 16.1 Å². The number of carbonyl (C=O) groups excluding carboxylic acids is 2. The van der Waals surface area contributed by atoms with E-state index in [4.69, 9.17) is 9.15 Å². The number of carbonyl (C=O) groups is 2. The average molecular weight is 356 g/mol. The molecule has 0 saturated carbocycles. The lowest BCUT2D eigenvalue weighted by molar-refractivity contribution is -0.136. The molecule has 26 heavy (non-hydrogen) atoms. The average Bonchev–Trinajstić information content (AvgIpc) is 2.99. The van der Waals surface area contributed by atoms with Gasteiger partial charge in [-0.3, -0.25) is 9.69 Å². The van der Waals surface area contributed by atoms with Gasteiger partial charge in [0.2, 0.25) is 0 Å². The first kappa shape index (κ1) is 18.2. The number of furan rings is 1. The van der Waals surface area contributed by atoms with Crippen molar-refractivity contribution in [3.63, 3.8) is 0 Å². The molecule has 0 bridgehead atoms. The summed E-state index contributed by atoms with van der Waals surface area (Å²) in [5.74, 6) is 0.482. The van der Waals surface area contributed by atoms with E-state index in [2.05, 4.69) is 17.0 Å². The van der Waals surface area contributed by atoms with Crippen molar-refractivity contribution in [2.45, 2.75) is 20.4 Å². The zero-order chi connectivity index (χ0) is 18.5. The normalized spacial score (nSPS) is 15.1. The molecule has 1 aliphatic rings. The molecule has 1 aliphatic heterocycles. The minimum Gasteiger partial charge on any atom is -0.466 e. The van der Waals surface area contributed by atoms with Crippen molar-refractivity contribution in [3.8, 4) is 0 Å². The minimum atomic E-state index is -0.518. The van der Waals surface area contributed by atoms with Crippen LogP contribution in [0.4, 0.5) is 0 Å². The molecular weight excluding hydrogens is 332 g/mol. The van der Waals surface area contributed by atoms with Gasteiger partial charge in [0.1, 0.15) is 17.1 Å². The van der Waals surface area contributed by atoms with E-state index in [0.717, 1.165) is 19.6 Å². The topological polar surface area (TPSA) is 63.0 Å². The number of hydrogen-bond donors (Lipinski definition) is 0. The third-order valence-electron chi connectivity index (χ3n) is 4.56. The summed E-state index contributed by atoms with van der Waals surface area (Å²) in [6.07, 6.45) is 0. The first-order valence-corrected chi connectivity index (χ1v) is 8.81. The van der Waals surface area contributed by atoms with Gasteiger partial charge in [-0.1, -0.05) is 30.3 Å². The van der Waals surface area contributed by atoms with Crippen LogP contribution in [0, 0.1) is 13.8 Å². The van der Waals surface area contributed by atoms with Gasteiger partial charge in [-0.05, 0) is 25.5 Å². The number of rotatable bonds is 5. The number of aryl methyl sites for hydroxylation is 2. The van der Waals surface area contributed by atoms with Crippen LogP contribution in [0.1, 0.15) is 27.4 Å². The Morgan fingerprint density at radius 1 is 1.08 bits per heavy atom. The number of hydrogen-bond acceptors (Lipinski definition) is 5. The molecule has 6 heteroatoms. The predicted molar refractivity (Wildman–Crippen MR) is 96.8 cm³/mol. The van der Waals surface area contributed by atoms with Crippen molar-refractivity contribution in [3.05, 3.63) is 59.0 Å². The molecule has 0 unspecified atom stereocenters. The molecule has 0 spiro atoms. The van der Waals surface area contributed by atoms with Gasteiger partial charge in [0.25, 0.3) is 5.91 Å². The Kier molecular flexibility index (Phi) is 5.73. The summed E-state index contributed by atoms with van der Waals surface area (Å²) in [6, 6.07) is 11.9. The van der Waals surface area contributed by atoms with E-state index in [-0.39, 0.29) is 12.5 Å². The molecule has 1 saturated heterocycles. The molecule has 1 fully saturated rings. The van der Waals surface area contributed by atoms with Crippen molar-refractivity contribution >= 4 is 11.9 Å². The summed E-state index contributed by atoms with van der Waals surface area (Å²) >= 11 is 0. The monoisotopic (exact) mass is 356 g/mol. The van der Waals surface area contributed by atoms with E-state index in [1.165, 1.54) is 5.56 Å². The van der Waals surface area contributed by atoms with Crippen LogP contribution in [0.3, 0.4) is 0 Å². The molecule has 6 nitrogen and oxygen atoms in total. The van der Waals surface area contributed by atoms with Crippen molar-refractivity contribution in [2.24, 2.45) is 0 Å². The Bertz CT molecular complexity index is 761. The second-order valence-corrected chi connectivity index (χ2v) is 6.55. The van der Waals surface area contributed by atoms with Crippen molar-refractivity contribution in [1.29, 1.82) is 0 Å². The Labute approximate surface area is 153 Å². The zero-order valence-corrected chi connectivity index (χ0v) is 15.2. The van der Waals surface area contributed by atoms with E-state index in [1.807, 2.05) is 18.2 Å². The Morgan fingerprint density at radius 3 is 2.38 bits per heavy atom. The summed E-state index contributed by atoms with van der Waals surface area (Å²) in [4.78, 5) is 28.4. The fraction of sp³-hybridized carbons (Fsp3) is 0.400. The van der Waals surface area contributed by atoms with Gasteiger partial charge in [0.05, 0.1) is 0 Å². The largest absolute Gasteiger partial charge is 0.466 e. The maximum atomic E-state index is 12.3. The van der Waals surface area contributed by atoms with E-state index in [9.17, 15) is 9.59 Å². The lowest BCUT2D eigenvalue weighted by Crippen LogP contribution is -2.49. The summed E-state index contributed by atoms with van der Waals surface area (Å²) in [7, 11) is 0. The quantitative estimate of drug-likeness (QED) is 0.770. The highest BCUT2D eigenvalue weighted by molar-refractivity contribution is 5.92. The van der Waals surface area contributed by atoms with Gasteiger partial charge in [0, 0.05) is 32.7 Å². The molecule has 1 aromatic carbocycles. The van der Waals surface area contributed by atoms with Gasteiger partial charge in [-0.15, -0.1) is 0 Å². The van der Waals surface area contributed by atoms with Crippen molar-refractivity contribution in [1.82, 2.24) is 9.80 Å². The second-order valence-electron chi connectivity index (χ2n) is 6.55. The van der Waals surface area contributed by atoms with Gasteiger partial charge in [-0.25, -0.2) is 4.79 Å². The number of amides is 1. The van der Waals surface area contributed by atoms with Gasteiger partial charge < -0.3 is 14.1 Å². The van der Waals surface area contributed by atoms with Gasteiger partial charge >= 0.3 is 5.97 Å². The van der Waals surface area contributed by atoms with Crippen LogP contribution in [0.15, 0.2) is 40.8 Å². The van der Waals surface area contributed by atoms with Gasteiger partial charge in [0.15, 0.2) is 6.61 Å². The number of nitrogens with zero attached hydrogens (tertiary/aromatic N) is 2. The molecule has 138 valence electrons. The van der Waals surface area contributed by atoms with Crippen molar-refractivity contribution < 1.29 is 18.7 Å². The Hall–Kier alpha value is -2.60. The molecule has 1 amide bonds. The number of piperazine rings is 1. The molecule has 0 atom stereocenters. The minimum absolute atomic E-state index is 0.157. The standard InChI is InChI=1S/C20H24N2O4/c1-15-12-18(16(2)26-15)20(24)25-14-19(23)22-10-8-21(9-11-22)13-17-6-4-3-5-7-17/h3-7,12H,8-11,13-14H2,1-2H3. The molecule has 3 rings (SSSR count). The Balaban J connectivity index is 1.43. The molecule has 2 aromatic rings. The van der Waals surface area contributed by atoms with Crippen LogP contribution < -0.4 is 0 Å². The SMILES string of the molecule is Cc1cc(C(=O)OCC(=O)N2CCN(Cc3ccccc3)CC2)c(C)o1. The first-order chi connectivity index (χ1) is 12.5. The summed E-state index contributed by atoms with van der Waals surface area (Å²) in [6.45, 7) is 7.04. The summed E-state index contributed by atoms with van der Waals surface area (Å²) in [5.41, 5.74) is 1.65. The third kappa shape index (κ3) is 4.52. The number of ether oxygens (including phenoxy) is 1. The molecule has 0 radical (unpaired) electrons. The van der Waals surface area contributed by atoms with E-state index >= 15 is 0 Å². The highest BCUT2D eigenvalue weighted by atomic mass is 16.5. The number of benzene rings is 1. The fourth-order valence-electron chi connectivity index (χ4n) is 3.13. The zero-order valence-electron chi connectivity index (χ0n) is 15.2. The van der Waals surface area contributed by atoms with Crippen LogP contribution in [0.2, 0.25) is 0 Å².